The van der Waals surface area contributed by atoms with Crippen molar-refractivity contribution in [2.45, 2.75) is 40.8 Å². The molecule has 0 aliphatic heterocycles. The first-order valence-corrected chi connectivity index (χ1v) is 12.9. The maximum atomic E-state index is 13.3. The quantitative estimate of drug-likeness (QED) is 0.244. The van der Waals surface area contributed by atoms with Crippen molar-refractivity contribution < 1.29 is 4.79 Å². The van der Waals surface area contributed by atoms with E-state index in [1.165, 1.54) is 16.8 Å². The smallest absolute Gasteiger partial charge is 0.255 e. The molecule has 0 bridgehead atoms. The summed E-state index contributed by atoms with van der Waals surface area (Å²) >= 11 is 12.7. The van der Waals surface area contributed by atoms with Gasteiger partial charge in [-0.3, -0.25) is 9.48 Å². The van der Waals surface area contributed by atoms with E-state index in [4.69, 9.17) is 23.2 Å². The predicted octanol–water partition coefficient (Wildman–Crippen LogP) is 7.73. The number of rotatable bonds is 6. The number of hydrogen-bond acceptors (Lipinski definition) is 2. The van der Waals surface area contributed by atoms with E-state index in [0.29, 0.717) is 27.8 Å². The van der Waals surface area contributed by atoms with Crippen LogP contribution in [-0.2, 0) is 13.1 Å². The molecule has 5 nitrogen and oxygen atoms in total. The fourth-order valence-electron chi connectivity index (χ4n) is 4.81. The van der Waals surface area contributed by atoms with Gasteiger partial charge in [-0.05, 0) is 69.2 Å². The summed E-state index contributed by atoms with van der Waals surface area (Å²) < 4.78 is 4.12. The van der Waals surface area contributed by atoms with Crippen LogP contribution in [0.2, 0.25) is 10.0 Å². The van der Waals surface area contributed by atoms with Crippen molar-refractivity contribution in [2.24, 2.45) is 0 Å². The van der Waals surface area contributed by atoms with Crippen molar-refractivity contribution in [3.63, 3.8) is 0 Å². The molecule has 0 atom stereocenters. The highest BCUT2D eigenvalue weighted by Crippen LogP contribution is 2.30. The van der Waals surface area contributed by atoms with Gasteiger partial charge in [-0.1, -0.05) is 59.6 Å². The van der Waals surface area contributed by atoms with Crippen LogP contribution in [0.1, 0.15) is 44.1 Å². The zero-order valence-corrected chi connectivity index (χ0v) is 22.8. The number of aromatic nitrogens is 3. The Kier molecular flexibility index (Phi) is 6.84. The summed E-state index contributed by atoms with van der Waals surface area (Å²) in [5, 5.41) is 9.97. The van der Waals surface area contributed by atoms with Crippen LogP contribution in [0, 0.1) is 27.7 Å². The zero-order chi connectivity index (χ0) is 26.3. The Morgan fingerprint density at radius 1 is 0.865 bits per heavy atom. The lowest BCUT2D eigenvalue weighted by Crippen LogP contribution is -2.13. The highest BCUT2D eigenvalue weighted by Gasteiger charge is 2.19. The molecule has 188 valence electrons. The second-order valence-electron chi connectivity index (χ2n) is 9.37. The predicted molar refractivity (Wildman–Crippen MR) is 152 cm³/mol. The first kappa shape index (κ1) is 25.1. The maximum Gasteiger partial charge on any atom is 0.255 e. The Hall–Kier alpha value is -3.54. The average molecular weight is 531 g/mol. The highest BCUT2D eigenvalue weighted by atomic mass is 35.5. The molecular weight excluding hydrogens is 503 g/mol. The molecule has 0 saturated carbocycles. The average Bonchev–Trinajstić information content (AvgIpc) is 3.29. The lowest BCUT2D eigenvalue weighted by molar-refractivity contribution is 0.102. The third-order valence-electron chi connectivity index (χ3n) is 7.07. The number of hydrogen-bond donors (Lipinski definition) is 1. The second-order valence-corrected chi connectivity index (χ2v) is 10.2. The first-order valence-electron chi connectivity index (χ1n) is 12.2. The van der Waals surface area contributed by atoms with Gasteiger partial charge in [-0.2, -0.15) is 5.10 Å². The number of anilines is 1. The minimum absolute atomic E-state index is 0.170. The molecule has 5 rings (SSSR count). The van der Waals surface area contributed by atoms with Crippen molar-refractivity contribution in [3.8, 4) is 0 Å². The van der Waals surface area contributed by atoms with Gasteiger partial charge in [-0.25, -0.2) is 0 Å². The monoisotopic (exact) mass is 530 g/mol. The number of nitrogens with one attached hydrogen (secondary N) is 1. The number of fused-ring (bicyclic) bond motifs is 1. The Morgan fingerprint density at radius 2 is 1.57 bits per heavy atom. The van der Waals surface area contributed by atoms with Gasteiger partial charge < -0.3 is 9.88 Å². The molecule has 2 heterocycles. The third-order valence-corrected chi connectivity index (χ3v) is 7.78. The van der Waals surface area contributed by atoms with E-state index in [2.05, 4.69) is 53.1 Å². The Balaban J connectivity index is 1.42. The highest BCUT2D eigenvalue weighted by molar-refractivity contribution is 6.36. The van der Waals surface area contributed by atoms with Crippen LogP contribution in [0.5, 0.6) is 0 Å². The normalized spacial score (nSPS) is 11.3. The summed E-state index contributed by atoms with van der Waals surface area (Å²) in [5.41, 5.74) is 8.40. The number of carbonyl (C=O) groups is 1. The molecule has 2 aromatic heterocycles. The van der Waals surface area contributed by atoms with Crippen molar-refractivity contribution in [1.29, 1.82) is 0 Å². The number of benzene rings is 3. The molecule has 0 aliphatic carbocycles. The number of aryl methyl sites for hydroxylation is 2. The molecule has 5 aromatic rings. The summed E-state index contributed by atoms with van der Waals surface area (Å²) in [4.78, 5) is 13.3. The lowest BCUT2D eigenvalue weighted by atomic mass is 10.1. The number of nitrogens with zero attached hydrogens (tertiary/aromatic N) is 3. The lowest BCUT2D eigenvalue weighted by Gasteiger charge is -2.10. The van der Waals surface area contributed by atoms with Crippen LogP contribution in [0.3, 0.4) is 0 Å². The van der Waals surface area contributed by atoms with Gasteiger partial charge in [0.2, 0.25) is 0 Å². The van der Waals surface area contributed by atoms with Crippen LogP contribution in [0.25, 0.3) is 10.9 Å². The van der Waals surface area contributed by atoms with Crippen molar-refractivity contribution in [1.82, 2.24) is 14.3 Å². The molecule has 0 fully saturated rings. The van der Waals surface area contributed by atoms with E-state index in [0.717, 1.165) is 34.4 Å². The standard InChI is InChI=1S/C30H28Cl2N4O/c1-18-20(3)35(16-22-9-6-5-7-10-22)28-14-13-23(15-24(18)28)30(37)33-29-19(2)34-36(21(29)4)17-25-26(31)11-8-12-27(25)32/h5-15H,16-17H2,1-4H3,(H,33,37). The van der Waals surface area contributed by atoms with E-state index in [1.807, 2.05) is 61.0 Å². The maximum absolute atomic E-state index is 13.3. The molecule has 0 aliphatic rings. The van der Waals surface area contributed by atoms with Gasteiger partial charge in [0.25, 0.3) is 5.91 Å². The van der Waals surface area contributed by atoms with Gasteiger partial charge >= 0.3 is 0 Å². The number of halogens is 2. The van der Waals surface area contributed by atoms with Crippen molar-refractivity contribution in [3.05, 3.63) is 116 Å². The number of amides is 1. The minimum atomic E-state index is -0.170. The molecule has 0 radical (unpaired) electrons. The molecule has 0 spiro atoms. The summed E-state index contributed by atoms with van der Waals surface area (Å²) in [5.74, 6) is -0.170. The second kappa shape index (κ2) is 10.1. The molecule has 1 N–H and O–H groups in total. The SMILES string of the molecule is Cc1nn(Cc2c(Cl)cccc2Cl)c(C)c1NC(=O)c1ccc2c(c1)c(C)c(C)n2Cc1ccccc1. The van der Waals surface area contributed by atoms with Crippen LogP contribution in [0.15, 0.2) is 66.7 Å². The summed E-state index contributed by atoms with van der Waals surface area (Å²) in [6.07, 6.45) is 0. The van der Waals surface area contributed by atoms with Crippen LogP contribution in [-0.4, -0.2) is 20.3 Å². The van der Waals surface area contributed by atoms with E-state index in [1.54, 1.807) is 0 Å². The van der Waals surface area contributed by atoms with Crippen molar-refractivity contribution >= 4 is 45.7 Å². The van der Waals surface area contributed by atoms with Gasteiger partial charge in [0, 0.05) is 44.3 Å². The molecule has 1 amide bonds. The molecular formula is C30H28Cl2N4O. The van der Waals surface area contributed by atoms with E-state index < -0.39 is 0 Å². The van der Waals surface area contributed by atoms with Gasteiger partial charge in [0.05, 0.1) is 23.6 Å². The summed E-state index contributed by atoms with van der Waals surface area (Å²) in [7, 11) is 0. The molecule has 7 heteroatoms. The summed E-state index contributed by atoms with van der Waals surface area (Å²) in [6, 6.07) is 21.7. The zero-order valence-electron chi connectivity index (χ0n) is 21.3. The molecule has 3 aromatic carbocycles. The Labute approximate surface area is 226 Å². The van der Waals surface area contributed by atoms with E-state index in [-0.39, 0.29) is 5.91 Å². The Morgan fingerprint density at radius 3 is 2.27 bits per heavy atom. The minimum Gasteiger partial charge on any atom is -0.340 e. The van der Waals surface area contributed by atoms with E-state index >= 15 is 0 Å². The first-order chi connectivity index (χ1) is 17.7. The largest absolute Gasteiger partial charge is 0.340 e. The van der Waals surface area contributed by atoms with Crippen LogP contribution < -0.4 is 5.32 Å². The summed E-state index contributed by atoms with van der Waals surface area (Å²) in [6.45, 7) is 9.26. The number of carbonyl (C=O) groups excluding carboxylic acids is 1. The van der Waals surface area contributed by atoms with Gasteiger partial charge in [0.15, 0.2) is 0 Å². The molecule has 0 unspecified atom stereocenters. The van der Waals surface area contributed by atoms with Crippen molar-refractivity contribution in [2.75, 3.05) is 5.32 Å². The fourth-order valence-corrected chi connectivity index (χ4v) is 5.33. The van der Waals surface area contributed by atoms with Gasteiger partial charge in [-0.15, -0.1) is 0 Å². The van der Waals surface area contributed by atoms with Crippen LogP contribution >= 0.6 is 23.2 Å². The molecule has 0 saturated heterocycles. The Bertz CT molecular complexity index is 1610. The third kappa shape index (κ3) is 4.77. The molecule has 37 heavy (non-hydrogen) atoms. The van der Waals surface area contributed by atoms with E-state index in [9.17, 15) is 4.79 Å². The topological polar surface area (TPSA) is 51.9 Å². The van der Waals surface area contributed by atoms with Gasteiger partial charge in [0.1, 0.15) is 0 Å². The van der Waals surface area contributed by atoms with Crippen LogP contribution in [0.4, 0.5) is 5.69 Å². The fraction of sp³-hybridized carbons (Fsp3) is 0.200.